The highest BCUT2D eigenvalue weighted by atomic mass is 32.2. The predicted octanol–water partition coefficient (Wildman–Crippen LogP) is 8.49. The fourth-order valence-corrected chi connectivity index (χ4v) is 4.26. The first-order valence-corrected chi connectivity index (χ1v) is 17.8. The minimum Gasteiger partial charge on any atom is -0.493 e. The lowest BCUT2D eigenvalue weighted by Gasteiger charge is -2.23. The second kappa shape index (κ2) is 29.5. The normalized spacial score (nSPS) is 11.1. The fourth-order valence-electron chi connectivity index (χ4n) is 3.78. The topological polar surface area (TPSA) is 70.7 Å². The van der Waals surface area contributed by atoms with Gasteiger partial charge in [-0.2, -0.15) is 24.9 Å². The summed E-state index contributed by atoms with van der Waals surface area (Å²) in [5.41, 5.74) is 0.868. The molecule has 0 aliphatic heterocycles. The van der Waals surface area contributed by atoms with Gasteiger partial charge in [0.2, 0.25) is 5.91 Å². The second-order valence-electron chi connectivity index (χ2n) is 10.9. The maximum Gasteiger partial charge on any atom is 0.416 e. The molecule has 2 aromatic rings. The van der Waals surface area contributed by atoms with Crippen molar-refractivity contribution in [3.8, 4) is 5.75 Å². The highest BCUT2D eigenvalue weighted by Gasteiger charge is 2.29. The lowest BCUT2D eigenvalue weighted by atomic mass is 10.1. The molecule has 270 valence electrons. The second-order valence-corrected chi connectivity index (χ2v) is 11.9. The van der Waals surface area contributed by atoms with Crippen molar-refractivity contribution in [1.82, 2.24) is 15.5 Å². The smallest absolute Gasteiger partial charge is 0.416 e. The molecule has 47 heavy (non-hydrogen) atoms. The molecule has 0 aliphatic carbocycles. The summed E-state index contributed by atoms with van der Waals surface area (Å²) < 4.78 is 54.7. The van der Waals surface area contributed by atoms with Crippen LogP contribution in [0.5, 0.6) is 5.75 Å². The third-order valence-electron chi connectivity index (χ3n) is 6.64. The Kier molecular flexibility index (Phi) is 29.2. The Balaban J connectivity index is 0. The number of rotatable bonds is 17. The molecule has 1 atom stereocenters. The van der Waals surface area contributed by atoms with Crippen molar-refractivity contribution in [3.63, 3.8) is 0 Å². The molecule has 0 aromatic heterocycles. The zero-order chi connectivity index (χ0) is 36.1. The van der Waals surface area contributed by atoms with Gasteiger partial charge in [-0.3, -0.25) is 4.79 Å². The van der Waals surface area contributed by atoms with Crippen LogP contribution in [0.25, 0.3) is 0 Å². The van der Waals surface area contributed by atoms with Crippen LogP contribution in [0, 0.1) is 19.7 Å². The Labute approximate surface area is 285 Å². The third kappa shape index (κ3) is 26.1. The van der Waals surface area contributed by atoms with E-state index >= 15 is 0 Å². The Morgan fingerprint density at radius 1 is 1.00 bits per heavy atom. The molecule has 11 heteroatoms. The first-order chi connectivity index (χ1) is 22.3. The Morgan fingerprint density at radius 2 is 1.68 bits per heavy atom. The number of thioether (sulfide) groups is 1. The number of alkyl halides is 3. The Morgan fingerprint density at radius 3 is 2.17 bits per heavy atom. The summed E-state index contributed by atoms with van der Waals surface area (Å²) in [6.45, 7) is 13.7. The number of aldehydes is 1. The average Bonchev–Trinajstić information content (AvgIpc) is 3.03. The Bertz CT molecular complexity index is 1050. The molecule has 0 saturated heterocycles. The van der Waals surface area contributed by atoms with Crippen LogP contribution in [-0.2, 0) is 15.8 Å². The highest BCUT2D eigenvalue weighted by Crippen LogP contribution is 2.29. The molecule has 6 nitrogen and oxygen atoms in total. The largest absolute Gasteiger partial charge is 0.493 e. The van der Waals surface area contributed by atoms with Crippen LogP contribution in [0.2, 0.25) is 0 Å². The van der Waals surface area contributed by atoms with Gasteiger partial charge in [0, 0.05) is 19.5 Å². The zero-order valence-corrected chi connectivity index (χ0v) is 30.6. The van der Waals surface area contributed by atoms with E-state index in [1.807, 2.05) is 20.2 Å². The molecule has 0 radical (unpaired) electrons. The van der Waals surface area contributed by atoms with E-state index in [1.165, 1.54) is 37.6 Å². The quantitative estimate of drug-likeness (QED) is 0.0987. The number of carbonyl (C=O) groups is 2. The van der Waals surface area contributed by atoms with Gasteiger partial charge in [0.05, 0.1) is 18.2 Å². The first kappa shape index (κ1) is 46.5. The van der Waals surface area contributed by atoms with E-state index < -0.39 is 11.7 Å². The van der Waals surface area contributed by atoms with Gasteiger partial charge in [-0.1, -0.05) is 51.0 Å². The number of hydrogen-bond donors (Lipinski definition) is 2. The summed E-state index contributed by atoms with van der Waals surface area (Å²) in [7, 11) is 3.62. The number of halogens is 4. The van der Waals surface area contributed by atoms with Crippen molar-refractivity contribution in [2.75, 3.05) is 52.3 Å². The number of nitrogens with zero attached hydrogens (tertiary/aromatic N) is 1. The van der Waals surface area contributed by atoms with Crippen LogP contribution >= 0.6 is 11.8 Å². The van der Waals surface area contributed by atoms with Crippen molar-refractivity contribution in [2.45, 2.75) is 91.8 Å². The number of unbranched alkanes of at least 4 members (excludes halogenated alkanes) is 3. The molecule has 2 rings (SSSR count). The van der Waals surface area contributed by atoms with E-state index in [0.717, 1.165) is 62.1 Å². The molecule has 0 aliphatic rings. The van der Waals surface area contributed by atoms with Crippen molar-refractivity contribution < 1.29 is 31.9 Å². The van der Waals surface area contributed by atoms with Crippen molar-refractivity contribution >= 4 is 24.0 Å². The van der Waals surface area contributed by atoms with Crippen molar-refractivity contribution in [1.29, 1.82) is 0 Å². The van der Waals surface area contributed by atoms with Crippen LogP contribution in [-0.4, -0.2) is 75.5 Å². The van der Waals surface area contributed by atoms with E-state index in [1.54, 1.807) is 42.8 Å². The van der Waals surface area contributed by atoms with Gasteiger partial charge in [-0.25, -0.2) is 4.39 Å². The minimum atomic E-state index is -4.22. The molecule has 1 unspecified atom stereocenters. The number of ether oxygens (including phenoxy) is 1. The molecule has 0 fully saturated rings. The molecule has 2 N–H and O–H groups in total. The van der Waals surface area contributed by atoms with Gasteiger partial charge in [-0.15, -0.1) is 0 Å². The SMILES string of the molecule is CCCCNCC.CCNC.CSCCC(C=O)N(C)C(=O)CCCCCOc1cc(C)cc(F)c1.Cc1cccc(C(F)(F)F)c1. The maximum atomic E-state index is 13.2. The molecule has 0 spiro atoms. The number of amides is 1. The van der Waals surface area contributed by atoms with E-state index in [9.17, 15) is 27.2 Å². The summed E-state index contributed by atoms with van der Waals surface area (Å²) in [4.78, 5) is 24.8. The third-order valence-corrected chi connectivity index (χ3v) is 7.29. The van der Waals surface area contributed by atoms with E-state index in [0.29, 0.717) is 30.8 Å². The summed E-state index contributed by atoms with van der Waals surface area (Å²) in [5.74, 6) is 1.10. The van der Waals surface area contributed by atoms with Gasteiger partial charge < -0.3 is 25.1 Å². The fraction of sp³-hybridized carbons (Fsp3) is 0.611. The van der Waals surface area contributed by atoms with E-state index in [2.05, 4.69) is 31.4 Å². The number of aryl methyl sites for hydroxylation is 2. The van der Waals surface area contributed by atoms with Crippen LogP contribution in [0.4, 0.5) is 17.6 Å². The molecule has 2 aromatic carbocycles. The van der Waals surface area contributed by atoms with Crippen LogP contribution in [0.3, 0.4) is 0 Å². The monoisotopic (exact) mass is 689 g/mol. The van der Waals surface area contributed by atoms with Crippen LogP contribution in [0.15, 0.2) is 42.5 Å². The summed E-state index contributed by atoms with van der Waals surface area (Å²) in [6, 6.07) is 9.52. The van der Waals surface area contributed by atoms with Gasteiger partial charge in [0.15, 0.2) is 0 Å². The molecule has 0 saturated carbocycles. The van der Waals surface area contributed by atoms with Crippen LogP contribution in [0.1, 0.15) is 82.4 Å². The predicted molar refractivity (Wildman–Crippen MR) is 190 cm³/mol. The number of likely N-dealkylation sites (N-methyl/N-ethyl adjacent to an activating group) is 1. The van der Waals surface area contributed by atoms with E-state index in [4.69, 9.17) is 4.74 Å². The standard InChI is InChI=1S/C19H28FNO3S.C8H7F3.C6H15N.C3H9N/c1-15-11-16(20)13-18(12-15)24-9-6-4-5-7-19(23)21(2)17(14-22)8-10-25-3;1-6-3-2-4-7(5-6)8(9,10)11;1-3-5-6-7-4-2;1-3-4-2/h11-14,17H,4-10H2,1-3H3;2-5H,1H3;7H,3-6H2,1-2H3;4H,3H2,1-2H3. The van der Waals surface area contributed by atoms with E-state index in [-0.39, 0.29) is 17.8 Å². The van der Waals surface area contributed by atoms with Gasteiger partial charge in [0.25, 0.3) is 0 Å². The number of hydrogen-bond acceptors (Lipinski definition) is 6. The molecular formula is C36H59F4N3O3S. The summed E-state index contributed by atoms with van der Waals surface area (Å²) in [5, 5.41) is 6.18. The Hall–Kier alpha value is -2.63. The number of nitrogens with one attached hydrogen (secondary N) is 2. The van der Waals surface area contributed by atoms with Gasteiger partial charge in [-0.05, 0) is 108 Å². The highest BCUT2D eigenvalue weighted by molar-refractivity contribution is 7.98. The molecule has 1 amide bonds. The first-order valence-electron chi connectivity index (χ1n) is 16.4. The minimum absolute atomic E-state index is 0.000114. The molecule has 0 heterocycles. The van der Waals surface area contributed by atoms with Crippen molar-refractivity contribution in [2.24, 2.45) is 0 Å². The van der Waals surface area contributed by atoms with Gasteiger partial charge >= 0.3 is 6.18 Å². The lowest BCUT2D eigenvalue weighted by Crippen LogP contribution is -2.38. The van der Waals surface area contributed by atoms with Gasteiger partial charge in [0.1, 0.15) is 17.9 Å². The maximum absolute atomic E-state index is 13.2. The molecule has 0 bridgehead atoms. The number of carbonyl (C=O) groups excluding carboxylic acids is 2. The molecular weight excluding hydrogens is 630 g/mol. The zero-order valence-electron chi connectivity index (χ0n) is 29.8. The summed E-state index contributed by atoms with van der Waals surface area (Å²) in [6.07, 6.45) is 4.75. The lowest BCUT2D eigenvalue weighted by molar-refractivity contribution is -0.137. The summed E-state index contributed by atoms with van der Waals surface area (Å²) >= 11 is 1.67. The average molecular weight is 690 g/mol. The number of benzene rings is 2. The van der Waals surface area contributed by atoms with Crippen molar-refractivity contribution in [3.05, 3.63) is 65.0 Å². The van der Waals surface area contributed by atoms with Crippen LogP contribution < -0.4 is 15.4 Å².